The van der Waals surface area contributed by atoms with Crippen LogP contribution in [-0.4, -0.2) is 51.1 Å². The van der Waals surface area contributed by atoms with Gasteiger partial charge in [0.1, 0.15) is 18.0 Å². The van der Waals surface area contributed by atoms with Gasteiger partial charge in [0.25, 0.3) is 5.91 Å². The molecule has 2 N–H and O–H groups in total. The Kier molecular flexibility index (Phi) is 5.68. The van der Waals surface area contributed by atoms with Crippen molar-refractivity contribution < 1.29 is 31.7 Å². The highest BCUT2D eigenvalue weighted by atomic mass is 32.2. The molecule has 1 unspecified atom stereocenters. The zero-order chi connectivity index (χ0) is 19.8. The summed E-state index contributed by atoms with van der Waals surface area (Å²) >= 11 is -0.974. The van der Waals surface area contributed by atoms with Gasteiger partial charge in [0, 0.05) is 24.4 Å². The molecule has 1 amide bonds. The molecule has 1 saturated heterocycles. The summed E-state index contributed by atoms with van der Waals surface area (Å²) in [7, 11) is 0. The van der Waals surface area contributed by atoms with Crippen molar-refractivity contribution in [3.8, 4) is 5.75 Å². The van der Waals surface area contributed by atoms with Crippen LogP contribution in [0.5, 0.6) is 5.75 Å². The molecule has 2 aliphatic heterocycles. The van der Waals surface area contributed by atoms with Crippen LogP contribution >= 0.6 is 11.9 Å². The number of benzene rings is 1. The Labute approximate surface area is 159 Å². The van der Waals surface area contributed by atoms with Crippen LogP contribution < -0.4 is 9.03 Å². The first kappa shape index (κ1) is 20.0. The van der Waals surface area contributed by atoms with Crippen LogP contribution in [0, 0.1) is 5.82 Å². The van der Waals surface area contributed by atoms with Gasteiger partial charge >= 0.3 is 6.18 Å². The van der Waals surface area contributed by atoms with E-state index >= 15 is 0 Å². The number of amides is 1. The Morgan fingerprint density at radius 1 is 1.30 bits per heavy atom. The Balaban J connectivity index is 1.74. The van der Waals surface area contributed by atoms with Gasteiger partial charge in [0.05, 0.1) is 6.42 Å². The highest BCUT2D eigenvalue weighted by Gasteiger charge is 2.33. The quantitative estimate of drug-likeness (QED) is 0.560. The Morgan fingerprint density at radius 3 is 2.67 bits per heavy atom. The molecule has 0 saturated carbocycles. The van der Waals surface area contributed by atoms with Crippen LogP contribution in [0.2, 0.25) is 0 Å². The van der Waals surface area contributed by atoms with Crippen molar-refractivity contribution in [3.63, 3.8) is 0 Å². The number of anilines is 1. The Morgan fingerprint density at radius 2 is 2.04 bits per heavy atom. The number of alkyl halides is 3. The summed E-state index contributed by atoms with van der Waals surface area (Å²) in [5.41, 5.74) is 0.323. The van der Waals surface area contributed by atoms with Gasteiger partial charge in [-0.3, -0.25) is 13.8 Å². The smallest absolute Gasteiger partial charge is 0.389 e. The fraction of sp³-hybridized carbons (Fsp3) is 0.400. The number of halogens is 4. The van der Waals surface area contributed by atoms with Crippen molar-refractivity contribution in [2.45, 2.75) is 12.6 Å². The predicted octanol–water partition coefficient (Wildman–Crippen LogP) is 2.35. The number of nitrogens with zero attached hydrogens (tertiary/aromatic N) is 2. The fourth-order valence-electron chi connectivity index (χ4n) is 2.69. The van der Waals surface area contributed by atoms with Crippen LogP contribution in [0.25, 0.3) is 5.57 Å². The van der Waals surface area contributed by atoms with Crippen LogP contribution in [-0.2, 0) is 16.0 Å². The number of aromatic hydroxyl groups is 1. The minimum atomic E-state index is -4.22. The first-order valence-corrected chi connectivity index (χ1v) is 9.85. The van der Waals surface area contributed by atoms with Crippen LogP contribution in [0.15, 0.2) is 18.2 Å². The fourth-order valence-corrected chi connectivity index (χ4v) is 4.63. The standard InChI is InChI=1S/C15H15F4N3O3S2/c16-13-10(9-3-5-21(7-9)26-6-4-15(17,18)19)1-2-11(23)14(13)22-8-12(24)20-27(22)25/h1-3,23H,4-8H2,(H,20,24). The molecule has 1 fully saturated rings. The Hall–Kier alpha value is -1.79. The number of nitrogens with one attached hydrogen (secondary N) is 1. The van der Waals surface area contributed by atoms with Gasteiger partial charge in [-0.15, -0.1) is 0 Å². The molecule has 0 aliphatic carbocycles. The maximum atomic E-state index is 15.0. The topological polar surface area (TPSA) is 72.9 Å². The lowest BCUT2D eigenvalue weighted by Crippen LogP contribution is -2.24. The van der Waals surface area contributed by atoms with E-state index in [1.807, 2.05) is 0 Å². The molecular weight excluding hydrogens is 410 g/mol. The molecule has 0 radical (unpaired) electrons. The van der Waals surface area contributed by atoms with E-state index in [2.05, 4.69) is 4.72 Å². The molecule has 6 nitrogen and oxygen atoms in total. The zero-order valence-electron chi connectivity index (χ0n) is 13.8. The monoisotopic (exact) mass is 425 g/mol. The first-order chi connectivity index (χ1) is 12.7. The molecule has 2 aliphatic rings. The lowest BCUT2D eigenvalue weighted by atomic mass is 10.0. The molecule has 3 rings (SSSR count). The van der Waals surface area contributed by atoms with Gasteiger partial charge in [-0.05, 0) is 17.7 Å². The van der Waals surface area contributed by atoms with Crippen molar-refractivity contribution in [3.05, 3.63) is 29.6 Å². The van der Waals surface area contributed by atoms with Gasteiger partial charge in [-0.1, -0.05) is 18.0 Å². The summed E-state index contributed by atoms with van der Waals surface area (Å²) in [5.74, 6) is -2.00. The number of hydrogen-bond donors (Lipinski definition) is 2. The molecule has 0 bridgehead atoms. The third-order valence-corrected chi connectivity index (χ3v) is 6.07. The molecule has 2 heterocycles. The van der Waals surface area contributed by atoms with E-state index in [9.17, 15) is 31.7 Å². The number of rotatable bonds is 5. The van der Waals surface area contributed by atoms with E-state index in [1.54, 1.807) is 10.4 Å². The highest BCUT2D eigenvalue weighted by molar-refractivity contribution is 7.97. The average molecular weight is 425 g/mol. The molecule has 1 atom stereocenters. The molecule has 0 aromatic heterocycles. The van der Waals surface area contributed by atoms with Crippen molar-refractivity contribution in [1.29, 1.82) is 0 Å². The molecule has 1 aromatic carbocycles. The zero-order valence-corrected chi connectivity index (χ0v) is 15.4. The van der Waals surface area contributed by atoms with E-state index in [0.717, 1.165) is 16.3 Å². The van der Waals surface area contributed by atoms with Crippen LogP contribution in [0.3, 0.4) is 0 Å². The average Bonchev–Trinajstić information content (AvgIpc) is 3.13. The lowest BCUT2D eigenvalue weighted by Gasteiger charge is -2.19. The number of phenols is 1. The van der Waals surface area contributed by atoms with E-state index in [4.69, 9.17) is 0 Å². The molecule has 27 heavy (non-hydrogen) atoms. The minimum Gasteiger partial charge on any atom is -0.506 e. The van der Waals surface area contributed by atoms with Gasteiger partial charge in [-0.25, -0.2) is 12.9 Å². The van der Waals surface area contributed by atoms with Gasteiger partial charge in [0.2, 0.25) is 11.2 Å². The summed E-state index contributed by atoms with van der Waals surface area (Å²) in [6.07, 6.45) is -3.45. The SMILES string of the molecule is O=C1CN(c2c(O)ccc(C3=CCN(SCCC(F)(F)F)C3)c2F)S(=O)N1. The van der Waals surface area contributed by atoms with E-state index in [0.29, 0.717) is 12.1 Å². The maximum Gasteiger partial charge on any atom is 0.389 e. The van der Waals surface area contributed by atoms with Gasteiger partial charge in [-0.2, -0.15) is 13.2 Å². The van der Waals surface area contributed by atoms with Crippen molar-refractivity contribution in [2.75, 3.05) is 29.7 Å². The second kappa shape index (κ2) is 7.68. The Bertz CT molecular complexity index is 816. The maximum absolute atomic E-state index is 15.0. The van der Waals surface area contributed by atoms with Gasteiger partial charge < -0.3 is 5.11 Å². The number of carbonyl (C=O) groups is 1. The number of phenolic OH excluding ortho intramolecular Hbond substituents is 1. The van der Waals surface area contributed by atoms with E-state index < -0.39 is 41.2 Å². The van der Waals surface area contributed by atoms with Crippen molar-refractivity contribution in [2.24, 2.45) is 0 Å². The summed E-state index contributed by atoms with van der Waals surface area (Å²) in [5, 5.41) is 9.97. The second-order valence-electron chi connectivity index (χ2n) is 5.86. The van der Waals surface area contributed by atoms with Crippen molar-refractivity contribution >= 4 is 40.3 Å². The largest absolute Gasteiger partial charge is 0.506 e. The van der Waals surface area contributed by atoms with Crippen LogP contribution in [0.1, 0.15) is 12.0 Å². The molecule has 148 valence electrons. The lowest BCUT2D eigenvalue weighted by molar-refractivity contribution is -0.129. The summed E-state index contributed by atoms with van der Waals surface area (Å²) in [6.45, 7) is 0.214. The summed E-state index contributed by atoms with van der Waals surface area (Å²) in [4.78, 5) is 11.4. The number of carbonyl (C=O) groups excluding carboxylic acids is 1. The van der Waals surface area contributed by atoms with Crippen LogP contribution in [0.4, 0.5) is 23.2 Å². The van der Waals surface area contributed by atoms with E-state index in [-0.39, 0.29) is 30.1 Å². The minimum absolute atomic E-state index is 0.130. The molecule has 1 aromatic rings. The second-order valence-corrected chi connectivity index (χ2v) is 8.18. The van der Waals surface area contributed by atoms with E-state index in [1.165, 1.54) is 12.1 Å². The number of hydrogen-bond acceptors (Lipinski definition) is 5. The highest BCUT2D eigenvalue weighted by Crippen LogP contribution is 2.38. The third kappa shape index (κ3) is 4.55. The third-order valence-electron chi connectivity index (χ3n) is 3.93. The molecule has 12 heteroatoms. The van der Waals surface area contributed by atoms with Gasteiger partial charge in [0.15, 0.2) is 5.82 Å². The summed E-state index contributed by atoms with van der Waals surface area (Å²) in [6, 6.07) is 2.58. The summed E-state index contributed by atoms with van der Waals surface area (Å²) < 4.78 is 68.3. The molecular formula is C15H15F4N3O3S2. The van der Waals surface area contributed by atoms with Crippen molar-refractivity contribution in [1.82, 2.24) is 9.03 Å². The normalized spacial score (nSPS) is 20.9. The predicted molar refractivity (Wildman–Crippen MR) is 94.4 cm³/mol. The molecule has 0 spiro atoms. The first-order valence-electron chi connectivity index (χ1n) is 7.80.